The first-order valence-electron chi connectivity index (χ1n) is 6.20. The number of amides is 1. The molecule has 0 saturated heterocycles. The fourth-order valence-corrected chi connectivity index (χ4v) is 3.76. The van der Waals surface area contributed by atoms with Gasteiger partial charge in [0, 0.05) is 25.2 Å². The number of carbonyl (C=O) groups is 1. The monoisotopic (exact) mass is 324 g/mol. The molecule has 0 saturated carbocycles. The molecule has 0 atom stereocenters. The molecule has 5 nitrogen and oxygen atoms in total. The molecule has 112 valence electrons. The Balaban J connectivity index is 2.20. The summed E-state index contributed by atoms with van der Waals surface area (Å²) in [4.78, 5) is 12.6. The van der Waals surface area contributed by atoms with Gasteiger partial charge in [0.2, 0.25) is 10.0 Å². The topological polar surface area (TPSA) is 66.5 Å². The molecule has 1 amide bonds. The molecule has 1 aromatic carbocycles. The maximum atomic E-state index is 12.1. The van der Waals surface area contributed by atoms with Gasteiger partial charge in [0.15, 0.2) is 0 Å². The molecule has 7 heteroatoms. The summed E-state index contributed by atoms with van der Waals surface area (Å²) in [5.74, 6) is -0.314. The first-order chi connectivity index (χ1) is 9.80. The first kappa shape index (κ1) is 15.7. The number of benzene rings is 1. The number of hydrogen-bond acceptors (Lipinski definition) is 4. The summed E-state index contributed by atoms with van der Waals surface area (Å²) < 4.78 is 25.1. The van der Waals surface area contributed by atoms with Crippen LogP contribution in [-0.2, 0) is 10.0 Å². The number of thiophene rings is 1. The minimum Gasteiger partial charge on any atom is -0.321 e. The minimum absolute atomic E-state index is 0.131. The Morgan fingerprint density at radius 2 is 1.95 bits per heavy atom. The van der Waals surface area contributed by atoms with Crippen LogP contribution in [0.2, 0.25) is 0 Å². The summed E-state index contributed by atoms with van der Waals surface area (Å²) in [7, 11) is -0.590. The maximum absolute atomic E-state index is 12.1. The Labute approximate surface area is 128 Å². The molecule has 0 radical (unpaired) electrons. The number of hydrogen-bond donors (Lipinski definition) is 1. The van der Waals surface area contributed by atoms with Crippen LogP contribution in [0.15, 0.2) is 40.6 Å². The van der Waals surface area contributed by atoms with Crippen LogP contribution in [0.3, 0.4) is 0 Å². The van der Waals surface area contributed by atoms with Gasteiger partial charge in [-0.1, -0.05) is 12.1 Å². The lowest BCUT2D eigenvalue weighted by atomic mass is 10.2. The van der Waals surface area contributed by atoms with E-state index in [9.17, 15) is 13.2 Å². The van der Waals surface area contributed by atoms with E-state index >= 15 is 0 Å². The van der Waals surface area contributed by atoms with Crippen molar-refractivity contribution in [3.63, 3.8) is 0 Å². The van der Waals surface area contributed by atoms with E-state index in [1.807, 2.05) is 25.1 Å². The molecule has 1 aromatic heterocycles. The number of rotatable bonds is 4. The Hall–Kier alpha value is -1.70. The van der Waals surface area contributed by atoms with Crippen LogP contribution >= 0.6 is 11.3 Å². The predicted molar refractivity (Wildman–Crippen MR) is 84.3 cm³/mol. The van der Waals surface area contributed by atoms with Gasteiger partial charge in [-0.3, -0.25) is 4.79 Å². The number of nitrogens with one attached hydrogen (secondary N) is 1. The number of sulfonamides is 1. The lowest BCUT2D eigenvalue weighted by molar-refractivity contribution is 0.103. The zero-order chi connectivity index (χ0) is 15.6. The molecule has 0 aliphatic carbocycles. The number of carbonyl (C=O) groups excluding carboxylic acids is 1. The quantitative estimate of drug-likeness (QED) is 0.940. The molecule has 0 aliphatic heterocycles. The van der Waals surface area contributed by atoms with Crippen molar-refractivity contribution in [3.8, 4) is 0 Å². The molecule has 21 heavy (non-hydrogen) atoms. The summed E-state index contributed by atoms with van der Waals surface area (Å²) in [6, 6.07) is 8.81. The SMILES string of the molecule is Cc1cccc(NC(=O)c2cc(S(=O)(=O)N(C)C)cs2)c1. The highest BCUT2D eigenvalue weighted by atomic mass is 32.2. The number of nitrogens with zero attached hydrogens (tertiary/aromatic N) is 1. The highest BCUT2D eigenvalue weighted by Crippen LogP contribution is 2.22. The van der Waals surface area contributed by atoms with Crippen LogP contribution in [-0.4, -0.2) is 32.7 Å². The van der Waals surface area contributed by atoms with E-state index in [1.54, 1.807) is 6.07 Å². The van der Waals surface area contributed by atoms with E-state index < -0.39 is 10.0 Å². The standard InChI is InChI=1S/C14H16N2O3S2/c1-10-5-4-6-11(7-10)15-14(17)13-8-12(9-20-13)21(18,19)16(2)3/h4-9H,1-3H3,(H,15,17). The highest BCUT2D eigenvalue weighted by Gasteiger charge is 2.21. The second kappa shape index (κ2) is 5.97. The summed E-state index contributed by atoms with van der Waals surface area (Å²) >= 11 is 1.11. The molecule has 0 aliphatic rings. The minimum atomic E-state index is -3.51. The van der Waals surface area contributed by atoms with Crippen molar-refractivity contribution in [2.75, 3.05) is 19.4 Å². The summed E-state index contributed by atoms with van der Waals surface area (Å²) in [5, 5.41) is 4.23. The molecule has 1 N–H and O–H groups in total. The van der Waals surface area contributed by atoms with Crippen molar-refractivity contribution in [1.29, 1.82) is 0 Å². The van der Waals surface area contributed by atoms with Gasteiger partial charge in [-0.25, -0.2) is 12.7 Å². The second-order valence-electron chi connectivity index (χ2n) is 4.76. The summed E-state index contributed by atoms with van der Waals surface area (Å²) in [6.07, 6.45) is 0. The Morgan fingerprint density at radius 1 is 1.24 bits per heavy atom. The zero-order valence-electron chi connectivity index (χ0n) is 12.0. The Bertz CT molecular complexity index is 764. The first-order valence-corrected chi connectivity index (χ1v) is 8.52. The maximum Gasteiger partial charge on any atom is 0.265 e. The van der Waals surface area contributed by atoms with Crippen molar-refractivity contribution in [2.45, 2.75) is 11.8 Å². The molecule has 2 aromatic rings. The third-order valence-electron chi connectivity index (χ3n) is 2.85. The molecule has 0 bridgehead atoms. The lowest BCUT2D eigenvalue weighted by Gasteiger charge is -2.08. The third kappa shape index (κ3) is 3.49. The summed E-state index contributed by atoms with van der Waals surface area (Å²) in [5.41, 5.74) is 1.72. The van der Waals surface area contributed by atoms with Crippen molar-refractivity contribution >= 4 is 33.0 Å². The van der Waals surface area contributed by atoms with E-state index in [2.05, 4.69) is 5.32 Å². The number of anilines is 1. The van der Waals surface area contributed by atoms with Gasteiger partial charge in [-0.15, -0.1) is 11.3 Å². The van der Waals surface area contributed by atoms with E-state index in [1.165, 1.54) is 25.5 Å². The molecule has 0 spiro atoms. The van der Waals surface area contributed by atoms with Gasteiger partial charge in [0.05, 0.1) is 9.77 Å². The average Bonchev–Trinajstić information content (AvgIpc) is 2.88. The zero-order valence-corrected chi connectivity index (χ0v) is 13.6. The van der Waals surface area contributed by atoms with Crippen LogP contribution in [0.4, 0.5) is 5.69 Å². The van der Waals surface area contributed by atoms with Crippen molar-refractivity contribution < 1.29 is 13.2 Å². The third-order valence-corrected chi connectivity index (χ3v) is 5.72. The smallest absolute Gasteiger partial charge is 0.265 e. The van der Waals surface area contributed by atoms with Crippen molar-refractivity contribution in [2.24, 2.45) is 0 Å². The Morgan fingerprint density at radius 3 is 2.57 bits per heavy atom. The van der Waals surface area contributed by atoms with Gasteiger partial charge in [-0.05, 0) is 30.7 Å². The van der Waals surface area contributed by atoms with Crippen LogP contribution in [0.25, 0.3) is 0 Å². The largest absolute Gasteiger partial charge is 0.321 e. The van der Waals surface area contributed by atoms with Gasteiger partial charge in [-0.2, -0.15) is 0 Å². The second-order valence-corrected chi connectivity index (χ2v) is 7.82. The van der Waals surface area contributed by atoms with Crippen LogP contribution in [0, 0.1) is 6.92 Å². The molecule has 2 rings (SSSR count). The van der Waals surface area contributed by atoms with E-state index in [0.717, 1.165) is 21.2 Å². The summed E-state index contributed by atoms with van der Waals surface area (Å²) in [6.45, 7) is 1.93. The van der Waals surface area contributed by atoms with Crippen molar-refractivity contribution in [3.05, 3.63) is 46.2 Å². The normalized spacial score (nSPS) is 11.6. The van der Waals surface area contributed by atoms with Gasteiger partial charge in [0.25, 0.3) is 5.91 Å². The van der Waals surface area contributed by atoms with Gasteiger partial charge >= 0.3 is 0 Å². The van der Waals surface area contributed by atoms with Crippen LogP contribution in [0.1, 0.15) is 15.2 Å². The molecule has 0 unspecified atom stereocenters. The van der Waals surface area contributed by atoms with E-state index in [4.69, 9.17) is 0 Å². The van der Waals surface area contributed by atoms with E-state index in [0.29, 0.717) is 10.6 Å². The van der Waals surface area contributed by atoms with Gasteiger partial charge in [0.1, 0.15) is 0 Å². The molecular weight excluding hydrogens is 308 g/mol. The molecule has 1 heterocycles. The van der Waals surface area contributed by atoms with Crippen molar-refractivity contribution in [1.82, 2.24) is 4.31 Å². The van der Waals surface area contributed by atoms with Gasteiger partial charge < -0.3 is 5.32 Å². The fourth-order valence-electron chi connectivity index (χ4n) is 1.70. The molecule has 0 fully saturated rings. The average molecular weight is 324 g/mol. The number of aryl methyl sites for hydroxylation is 1. The van der Waals surface area contributed by atoms with Crippen LogP contribution in [0.5, 0.6) is 0 Å². The Kier molecular flexibility index (Phi) is 4.46. The molecular formula is C14H16N2O3S2. The van der Waals surface area contributed by atoms with Crippen LogP contribution < -0.4 is 5.32 Å². The van der Waals surface area contributed by atoms with E-state index in [-0.39, 0.29) is 10.8 Å². The fraction of sp³-hybridized carbons (Fsp3) is 0.214. The lowest BCUT2D eigenvalue weighted by Crippen LogP contribution is -2.21. The predicted octanol–water partition coefficient (Wildman–Crippen LogP) is 2.56. The highest BCUT2D eigenvalue weighted by molar-refractivity contribution is 7.89.